The number of fused-ring (bicyclic) bond motifs is 2. The van der Waals surface area contributed by atoms with E-state index in [2.05, 4.69) is 15.7 Å². The first-order valence-corrected chi connectivity index (χ1v) is 7.62. The van der Waals surface area contributed by atoms with Gasteiger partial charge >= 0.3 is 5.97 Å². The molecule has 0 saturated carbocycles. The summed E-state index contributed by atoms with van der Waals surface area (Å²) in [7, 11) is 1.77. The molecule has 8 heteroatoms. The van der Waals surface area contributed by atoms with Crippen molar-refractivity contribution in [3.63, 3.8) is 0 Å². The first-order chi connectivity index (χ1) is 11.7. The van der Waals surface area contributed by atoms with Crippen molar-refractivity contribution in [3.8, 4) is 0 Å². The van der Waals surface area contributed by atoms with Gasteiger partial charge in [0.15, 0.2) is 0 Å². The molecule has 8 nitrogen and oxygen atoms in total. The number of hydrazine groups is 2. The number of hydrogen-bond donors (Lipinski definition) is 1. The van der Waals surface area contributed by atoms with Crippen LogP contribution < -0.4 is 10.6 Å². The molecule has 0 atom stereocenters. The molecule has 24 heavy (non-hydrogen) atoms. The molecule has 0 spiro atoms. The van der Waals surface area contributed by atoms with Crippen LogP contribution in [0.25, 0.3) is 11.0 Å². The highest BCUT2D eigenvalue weighted by molar-refractivity contribution is 5.94. The molecule has 2 aromatic carbocycles. The molecule has 122 valence electrons. The fraction of sp³-hybridized carbons (Fsp3) is 0.188. The summed E-state index contributed by atoms with van der Waals surface area (Å²) >= 11 is 0. The Morgan fingerprint density at radius 2 is 2.08 bits per heavy atom. The third-order valence-electron chi connectivity index (χ3n) is 3.88. The molecule has 0 fully saturated rings. The van der Waals surface area contributed by atoms with E-state index < -0.39 is 5.97 Å². The van der Waals surface area contributed by atoms with Crippen LogP contribution in [0.3, 0.4) is 0 Å². The molecule has 1 aliphatic heterocycles. The van der Waals surface area contributed by atoms with Crippen LogP contribution in [0.4, 0.5) is 11.4 Å². The molecule has 1 aliphatic rings. The monoisotopic (exact) mass is 324 g/mol. The molecular formula is C16H16N6O2. The van der Waals surface area contributed by atoms with Gasteiger partial charge in [-0.3, -0.25) is 5.43 Å². The average Bonchev–Trinajstić information content (AvgIpc) is 3.15. The third-order valence-corrected chi connectivity index (χ3v) is 3.88. The van der Waals surface area contributed by atoms with E-state index in [4.69, 9.17) is 4.84 Å². The first kappa shape index (κ1) is 14.5. The largest absolute Gasteiger partial charge is 0.365 e. The Morgan fingerprint density at radius 3 is 2.92 bits per heavy atom. The maximum absolute atomic E-state index is 12.5. The average molecular weight is 324 g/mol. The van der Waals surface area contributed by atoms with Gasteiger partial charge in [-0.2, -0.15) is 0 Å². The molecule has 3 aromatic rings. The van der Waals surface area contributed by atoms with E-state index in [1.54, 1.807) is 29.0 Å². The van der Waals surface area contributed by atoms with Crippen molar-refractivity contribution >= 4 is 28.4 Å². The van der Waals surface area contributed by atoms with E-state index in [-0.39, 0.29) is 0 Å². The third kappa shape index (κ3) is 2.24. The highest BCUT2D eigenvalue weighted by atomic mass is 16.8. The lowest BCUT2D eigenvalue weighted by molar-refractivity contribution is 0.0202. The second-order valence-electron chi connectivity index (χ2n) is 5.41. The Hall–Kier alpha value is -3.13. The quantitative estimate of drug-likeness (QED) is 0.791. The van der Waals surface area contributed by atoms with Gasteiger partial charge in [0.1, 0.15) is 11.2 Å². The predicted molar refractivity (Wildman–Crippen MR) is 88.9 cm³/mol. The lowest BCUT2D eigenvalue weighted by atomic mass is 10.2. The summed E-state index contributed by atoms with van der Waals surface area (Å²) in [5.74, 6) is -0.465. The summed E-state index contributed by atoms with van der Waals surface area (Å²) in [5, 5.41) is 11.2. The van der Waals surface area contributed by atoms with Crippen LogP contribution in [0.2, 0.25) is 0 Å². The van der Waals surface area contributed by atoms with Gasteiger partial charge in [-0.05, 0) is 37.3 Å². The van der Waals surface area contributed by atoms with Crippen LogP contribution in [-0.2, 0) is 11.4 Å². The number of hydrogen-bond acceptors (Lipinski definition) is 7. The maximum atomic E-state index is 12.5. The summed E-state index contributed by atoms with van der Waals surface area (Å²) in [5.41, 5.74) is 6.71. The van der Waals surface area contributed by atoms with Crippen molar-refractivity contribution < 1.29 is 9.63 Å². The Bertz CT molecular complexity index is 922. The van der Waals surface area contributed by atoms with E-state index in [9.17, 15) is 4.79 Å². The topological polar surface area (TPSA) is 75.5 Å². The van der Waals surface area contributed by atoms with Gasteiger partial charge in [-0.1, -0.05) is 17.3 Å². The minimum absolute atomic E-state index is 0.420. The molecule has 1 N–H and O–H groups in total. The summed E-state index contributed by atoms with van der Waals surface area (Å²) in [4.78, 5) is 18.0. The van der Waals surface area contributed by atoms with E-state index in [1.165, 1.54) is 5.17 Å². The van der Waals surface area contributed by atoms with E-state index >= 15 is 0 Å². The van der Waals surface area contributed by atoms with Gasteiger partial charge in [0.2, 0.25) is 0 Å². The number of benzene rings is 2. The standard InChI is InChI=1S/C16H16N6O2/c1-3-21-14-9-8-11(10-13(14)17-19-21)16(23)24-22-15-7-5-4-6-12(15)18-20(22)2/h4-10,18H,3H2,1-2H3. The lowest BCUT2D eigenvalue weighted by Gasteiger charge is -2.23. The molecule has 0 saturated heterocycles. The number of nitrogens with one attached hydrogen (secondary N) is 1. The Kier molecular flexibility index (Phi) is 3.31. The van der Waals surface area contributed by atoms with Crippen molar-refractivity contribution in [2.24, 2.45) is 0 Å². The summed E-state index contributed by atoms with van der Waals surface area (Å²) in [6, 6.07) is 12.8. The fourth-order valence-electron chi connectivity index (χ4n) is 2.69. The second-order valence-corrected chi connectivity index (χ2v) is 5.41. The van der Waals surface area contributed by atoms with E-state index in [0.717, 1.165) is 23.4 Å². The first-order valence-electron chi connectivity index (χ1n) is 7.62. The van der Waals surface area contributed by atoms with Crippen molar-refractivity contribution in [1.82, 2.24) is 20.1 Å². The van der Waals surface area contributed by atoms with Crippen molar-refractivity contribution in [2.45, 2.75) is 13.5 Å². The zero-order chi connectivity index (χ0) is 16.7. The zero-order valence-corrected chi connectivity index (χ0v) is 13.3. The van der Waals surface area contributed by atoms with Crippen LogP contribution in [0, 0.1) is 0 Å². The highest BCUT2D eigenvalue weighted by Crippen LogP contribution is 2.33. The maximum Gasteiger partial charge on any atom is 0.365 e. The van der Waals surface area contributed by atoms with Crippen LogP contribution in [-0.4, -0.2) is 33.1 Å². The normalized spacial score (nSPS) is 13.8. The molecular weight excluding hydrogens is 308 g/mol. The minimum Gasteiger partial charge on any atom is -0.318 e. The SMILES string of the molecule is CCn1nnc2cc(C(=O)ON3c4ccccc4NN3C)ccc21. The van der Waals surface area contributed by atoms with Gasteiger partial charge in [-0.25, -0.2) is 9.48 Å². The molecule has 0 aliphatic carbocycles. The zero-order valence-electron chi connectivity index (χ0n) is 13.3. The Morgan fingerprint density at radius 1 is 1.25 bits per heavy atom. The number of nitrogens with zero attached hydrogens (tertiary/aromatic N) is 5. The number of rotatable bonds is 3. The lowest BCUT2D eigenvalue weighted by Crippen LogP contribution is -2.39. The number of aromatic nitrogens is 3. The van der Waals surface area contributed by atoms with Gasteiger partial charge < -0.3 is 4.84 Å². The molecule has 1 aromatic heterocycles. The highest BCUT2D eigenvalue weighted by Gasteiger charge is 2.27. The Labute approximate surface area is 138 Å². The summed E-state index contributed by atoms with van der Waals surface area (Å²) in [6.07, 6.45) is 0. The summed E-state index contributed by atoms with van der Waals surface area (Å²) < 4.78 is 1.78. The number of carbonyl (C=O) groups is 1. The molecule has 0 radical (unpaired) electrons. The number of aryl methyl sites for hydroxylation is 1. The number of carbonyl (C=O) groups excluding carboxylic acids is 1. The Balaban J connectivity index is 1.60. The predicted octanol–water partition coefficient (Wildman–Crippen LogP) is 2.22. The van der Waals surface area contributed by atoms with Crippen LogP contribution in [0.1, 0.15) is 17.3 Å². The van der Waals surface area contributed by atoms with Gasteiger partial charge in [0.25, 0.3) is 0 Å². The number of para-hydroxylation sites is 2. The molecule has 0 amide bonds. The number of anilines is 2. The second kappa shape index (κ2) is 5.50. The smallest absolute Gasteiger partial charge is 0.318 e. The van der Waals surface area contributed by atoms with E-state index in [1.807, 2.05) is 37.3 Å². The van der Waals surface area contributed by atoms with Crippen molar-refractivity contribution in [3.05, 3.63) is 48.0 Å². The molecule has 0 bridgehead atoms. The van der Waals surface area contributed by atoms with Crippen LogP contribution in [0.15, 0.2) is 42.5 Å². The molecule has 2 heterocycles. The van der Waals surface area contributed by atoms with Crippen molar-refractivity contribution in [1.29, 1.82) is 0 Å². The van der Waals surface area contributed by atoms with Crippen LogP contribution in [0.5, 0.6) is 0 Å². The van der Waals surface area contributed by atoms with Gasteiger partial charge in [0, 0.05) is 13.6 Å². The van der Waals surface area contributed by atoms with E-state index in [0.29, 0.717) is 11.1 Å². The minimum atomic E-state index is -0.465. The summed E-state index contributed by atoms with van der Waals surface area (Å²) in [6.45, 7) is 2.71. The van der Waals surface area contributed by atoms with Crippen molar-refractivity contribution in [2.75, 3.05) is 17.6 Å². The fourth-order valence-corrected chi connectivity index (χ4v) is 2.69. The molecule has 4 rings (SSSR count). The van der Waals surface area contributed by atoms with Gasteiger partial charge in [-0.15, -0.1) is 15.4 Å². The molecule has 0 unspecified atom stereocenters. The van der Waals surface area contributed by atoms with Gasteiger partial charge in [0.05, 0.1) is 16.8 Å². The van der Waals surface area contributed by atoms with Crippen LogP contribution >= 0.6 is 0 Å².